The van der Waals surface area contributed by atoms with Gasteiger partial charge in [-0.2, -0.15) is 5.10 Å². The molecule has 0 spiro atoms. The number of nitrogens with one attached hydrogen (secondary N) is 1. The van der Waals surface area contributed by atoms with E-state index in [-0.39, 0.29) is 28.3 Å². The predicted octanol–water partition coefficient (Wildman–Crippen LogP) is 3.15. The number of hydrazone groups is 1. The number of anilines is 1. The number of fused-ring (bicyclic) bond motifs is 1. The molecule has 0 atom stereocenters. The van der Waals surface area contributed by atoms with E-state index in [0.29, 0.717) is 5.39 Å². The molecule has 0 radical (unpaired) electrons. The lowest BCUT2D eigenvalue weighted by molar-refractivity contribution is -0.393. The zero-order valence-corrected chi connectivity index (χ0v) is 14.3. The molecule has 3 aromatic rings. The van der Waals surface area contributed by atoms with Crippen LogP contribution in [0.25, 0.3) is 11.0 Å². The van der Waals surface area contributed by atoms with E-state index >= 15 is 0 Å². The van der Waals surface area contributed by atoms with Crippen molar-refractivity contribution in [2.45, 2.75) is 6.92 Å². The van der Waals surface area contributed by atoms with Crippen LogP contribution in [0.15, 0.2) is 56.8 Å². The first-order chi connectivity index (χ1) is 13.3. The first kappa shape index (κ1) is 18.5. The summed E-state index contributed by atoms with van der Waals surface area (Å²) in [5, 5.41) is 35.9. The van der Waals surface area contributed by atoms with Gasteiger partial charge in [-0.1, -0.05) is 0 Å². The van der Waals surface area contributed by atoms with Gasteiger partial charge in [0.05, 0.1) is 27.2 Å². The average molecular weight is 384 g/mol. The lowest BCUT2D eigenvalue weighted by Crippen LogP contribution is -2.13. The van der Waals surface area contributed by atoms with Crippen molar-refractivity contribution in [3.8, 4) is 5.75 Å². The van der Waals surface area contributed by atoms with Crippen LogP contribution in [0.5, 0.6) is 5.75 Å². The van der Waals surface area contributed by atoms with Gasteiger partial charge in [0.25, 0.3) is 5.69 Å². The van der Waals surface area contributed by atoms with Gasteiger partial charge >= 0.3 is 11.3 Å². The summed E-state index contributed by atoms with van der Waals surface area (Å²) in [6, 6.07) is 8.84. The van der Waals surface area contributed by atoms with Crippen LogP contribution in [0, 0.1) is 20.2 Å². The minimum absolute atomic E-state index is 0.0547. The SMILES string of the molecule is C/C(=N\Nc1ccc([N+](=O)[O-])cc1[N+](=O)[O-])c1cc2ccc(O)cc2oc1=O. The molecule has 0 bridgehead atoms. The van der Waals surface area contributed by atoms with E-state index in [4.69, 9.17) is 4.42 Å². The molecule has 0 aliphatic rings. The molecule has 0 aliphatic carbocycles. The van der Waals surface area contributed by atoms with Crippen molar-refractivity contribution >= 4 is 33.7 Å². The Hall–Kier alpha value is -4.28. The molecule has 28 heavy (non-hydrogen) atoms. The third-order valence-corrected chi connectivity index (χ3v) is 3.84. The monoisotopic (exact) mass is 384 g/mol. The summed E-state index contributed by atoms with van der Waals surface area (Å²) in [4.78, 5) is 32.6. The molecule has 0 saturated carbocycles. The van der Waals surface area contributed by atoms with Gasteiger partial charge in [-0.3, -0.25) is 25.7 Å². The summed E-state index contributed by atoms with van der Waals surface area (Å²) >= 11 is 0. The summed E-state index contributed by atoms with van der Waals surface area (Å²) in [7, 11) is 0. The largest absolute Gasteiger partial charge is 0.508 e. The van der Waals surface area contributed by atoms with Crippen LogP contribution in [0.2, 0.25) is 0 Å². The Labute approximate surface area is 155 Å². The standard InChI is InChI=1S/C17H12N4O7/c1-9(13-6-10-2-4-12(22)8-16(10)28-17(13)23)18-19-14-5-3-11(20(24)25)7-15(14)21(26)27/h2-8,19,22H,1H3/b18-9+. The average Bonchev–Trinajstić information content (AvgIpc) is 2.65. The maximum absolute atomic E-state index is 12.2. The molecule has 2 N–H and O–H groups in total. The molecule has 0 saturated heterocycles. The lowest BCUT2D eigenvalue weighted by Gasteiger charge is -2.05. The normalized spacial score (nSPS) is 11.4. The van der Waals surface area contributed by atoms with E-state index in [0.717, 1.165) is 18.2 Å². The van der Waals surface area contributed by atoms with Crippen LogP contribution in [0.4, 0.5) is 17.1 Å². The number of nitro groups is 2. The van der Waals surface area contributed by atoms with Crippen molar-refractivity contribution in [2.24, 2.45) is 5.10 Å². The van der Waals surface area contributed by atoms with Gasteiger partial charge in [0.2, 0.25) is 0 Å². The Bertz CT molecular complexity index is 1200. The van der Waals surface area contributed by atoms with Gasteiger partial charge in [0.15, 0.2) is 0 Å². The predicted molar refractivity (Wildman–Crippen MR) is 99.7 cm³/mol. The molecular weight excluding hydrogens is 372 g/mol. The second kappa shape index (κ2) is 7.15. The zero-order chi connectivity index (χ0) is 20.4. The van der Waals surface area contributed by atoms with Gasteiger partial charge in [-0.25, -0.2) is 4.79 Å². The molecule has 0 amide bonds. The van der Waals surface area contributed by atoms with Crippen molar-refractivity contribution in [3.05, 3.63) is 78.7 Å². The maximum Gasteiger partial charge on any atom is 0.345 e. The van der Waals surface area contributed by atoms with E-state index in [1.54, 1.807) is 6.07 Å². The van der Waals surface area contributed by atoms with Crippen LogP contribution in [0.3, 0.4) is 0 Å². The summed E-state index contributed by atoms with van der Waals surface area (Å²) in [5.74, 6) is -0.0547. The van der Waals surface area contributed by atoms with Gasteiger partial charge in [0, 0.05) is 17.5 Å². The van der Waals surface area contributed by atoms with E-state index in [1.165, 1.54) is 25.1 Å². The number of rotatable bonds is 5. The summed E-state index contributed by atoms with van der Waals surface area (Å²) in [6.07, 6.45) is 0. The zero-order valence-electron chi connectivity index (χ0n) is 14.3. The number of nitrogens with zero attached hydrogens (tertiary/aromatic N) is 3. The molecule has 0 unspecified atom stereocenters. The summed E-state index contributed by atoms with van der Waals surface area (Å²) in [6.45, 7) is 1.49. The van der Waals surface area contributed by atoms with Crippen molar-refractivity contribution in [3.63, 3.8) is 0 Å². The Morgan fingerprint density at radius 3 is 2.54 bits per heavy atom. The van der Waals surface area contributed by atoms with Gasteiger partial charge < -0.3 is 9.52 Å². The van der Waals surface area contributed by atoms with Gasteiger partial charge in [-0.05, 0) is 31.2 Å². The fraction of sp³-hybridized carbons (Fsp3) is 0.0588. The van der Waals surface area contributed by atoms with E-state index in [1.807, 2.05) is 0 Å². The van der Waals surface area contributed by atoms with Crippen LogP contribution < -0.4 is 11.1 Å². The molecule has 0 fully saturated rings. The van der Waals surface area contributed by atoms with Crippen molar-refractivity contribution < 1.29 is 19.4 Å². The maximum atomic E-state index is 12.2. The van der Waals surface area contributed by atoms with Crippen molar-refractivity contribution in [2.75, 3.05) is 5.43 Å². The Kier molecular flexibility index (Phi) is 4.73. The Morgan fingerprint density at radius 1 is 1.11 bits per heavy atom. The number of aromatic hydroxyl groups is 1. The highest BCUT2D eigenvalue weighted by Crippen LogP contribution is 2.29. The van der Waals surface area contributed by atoms with E-state index < -0.39 is 26.8 Å². The first-order valence-electron chi connectivity index (χ1n) is 7.76. The lowest BCUT2D eigenvalue weighted by atomic mass is 10.1. The minimum atomic E-state index is -0.781. The van der Waals surface area contributed by atoms with Crippen molar-refractivity contribution in [1.29, 1.82) is 0 Å². The van der Waals surface area contributed by atoms with Gasteiger partial charge in [0.1, 0.15) is 17.0 Å². The smallest absolute Gasteiger partial charge is 0.345 e. The molecule has 2 aromatic carbocycles. The fourth-order valence-electron chi connectivity index (χ4n) is 2.44. The third-order valence-electron chi connectivity index (χ3n) is 3.84. The number of benzene rings is 2. The number of phenols is 1. The highest BCUT2D eigenvalue weighted by atomic mass is 16.6. The van der Waals surface area contributed by atoms with Crippen molar-refractivity contribution in [1.82, 2.24) is 0 Å². The van der Waals surface area contributed by atoms with Crippen LogP contribution in [-0.2, 0) is 0 Å². The van der Waals surface area contributed by atoms with E-state index in [2.05, 4.69) is 10.5 Å². The van der Waals surface area contributed by atoms with Crippen LogP contribution in [0.1, 0.15) is 12.5 Å². The number of hydrogen-bond donors (Lipinski definition) is 2. The van der Waals surface area contributed by atoms with E-state index in [9.17, 15) is 30.1 Å². The topological polar surface area (TPSA) is 161 Å². The number of nitro benzene ring substituents is 2. The molecule has 11 heteroatoms. The summed E-state index contributed by atoms with van der Waals surface area (Å²) in [5.41, 5.74) is 1.17. The Balaban J connectivity index is 1.97. The molecule has 11 nitrogen and oxygen atoms in total. The quantitative estimate of drug-likeness (QED) is 0.293. The second-order valence-corrected chi connectivity index (χ2v) is 5.69. The van der Waals surface area contributed by atoms with Gasteiger partial charge in [-0.15, -0.1) is 0 Å². The first-order valence-corrected chi connectivity index (χ1v) is 7.76. The number of phenolic OH excluding ortho intramolecular Hbond substituents is 1. The fourth-order valence-corrected chi connectivity index (χ4v) is 2.44. The molecule has 1 heterocycles. The highest BCUT2D eigenvalue weighted by molar-refractivity contribution is 6.01. The Morgan fingerprint density at radius 2 is 1.86 bits per heavy atom. The van der Waals surface area contributed by atoms with Crippen LogP contribution in [-0.4, -0.2) is 20.7 Å². The summed E-state index contributed by atoms with van der Waals surface area (Å²) < 4.78 is 5.14. The minimum Gasteiger partial charge on any atom is -0.508 e. The molecule has 3 rings (SSSR count). The number of non-ortho nitro benzene ring substituents is 1. The molecule has 142 valence electrons. The molecule has 0 aliphatic heterocycles. The van der Waals surface area contributed by atoms with Crippen LogP contribution >= 0.6 is 0 Å². The molecular formula is C17H12N4O7. The molecule has 1 aromatic heterocycles. The highest BCUT2D eigenvalue weighted by Gasteiger charge is 2.19. The third kappa shape index (κ3) is 3.62. The second-order valence-electron chi connectivity index (χ2n) is 5.69. The number of hydrogen-bond acceptors (Lipinski definition) is 9.